The number of thiazole rings is 1. The van der Waals surface area contributed by atoms with E-state index in [4.69, 9.17) is 16.9 Å². The van der Waals surface area contributed by atoms with Crippen molar-refractivity contribution in [2.45, 2.75) is 33.1 Å². The van der Waals surface area contributed by atoms with Crippen LogP contribution < -0.4 is 10.9 Å². The molecule has 3 rings (SSSR count). The molecule has 6 nitrogen and oxygen atoms in total. The average Bonchev–Trinajstić information content (AvgIpc) is 3.10. The quantitative estimate of drug-likeness (QED) is 0.618. The standard InChI is InChI=1S/C21H19ClN4O2S/c1-12-17(13(2)25-20(28)18(12)10-23)7-8-19(27)26-21-24-11-16(29-21)9-14-3-5-15(22)6-4-14/h3-6,11H,7-9H2,1-2H3,(H,25,28)(H,24,26,27). The van der Waals surface area contributed by atoms with Gasteiger partial charge in [0.15, 0.2) is 5.13 Å². The first kappa shape index (κ1) is 20.8. The molecule has 3 aromatic rings. The summed E-state index contributed by atoms with van der Waals surface area (Å²) < 4.78 is 0. The maximum atomic E-state index is 12.3. The molecule has 29 heavy (non-hydrogen) atoms. The van der Waals surface area contributed by atoms with Gasteiger partial charge in [-0.15, -0.1) is 11.3 Å². The Balaban J connectivity index is 1.61. The number of aromatic amines is 1. The van der Waals surface area contributed by atoms with Gasteiger partial charge in [0, 0.05) is 34.6 Å². The largest absolute Gasteiger partial charge is 0.325 e. The van der Waals surface area contributed by atoms with Crippen LogP contribution in [-0.2, 0) is 17.6 Å². The minimum atomic E-state index is -0.397. The molecule has 2 N–H and O–H groups in total. The number of H-pyrrole nitrogens is 1. The topological polar surface area (TPSA) is 98.6 Å². The molecule has 0 aliphatic rings. The molecule has 148 valence electrons. The van der Waals surface area contributed by atoms with Crippen molar-refractivity contribution in [3.8, 4) is 6.07 Å². The summed E-state index contributed by atoms with van der Waals surface area (Å²) in [5.74, 6) is -0.166. The van der Waals surface area contributed by atoms with Crippen molar-refractivity contribution in [3.05, 3.63) is 78.7 Å². The van der Waals surface area contributed by atoms with Crippen molar-refractivity contribution in [2.75, 3.05) is 5.32 Å². The maximum Gasteiger partial charge on any atom is 0.266 e. The van der Waals surface area contributed by atoms with E-state index in [0.717, 1.165) is 22.4 Å². The maximum absolute atomic E-state index is 12.3. The lowest BCUT2D eigenvalue weighted by Gasteiger charge is -2.10. The van der Waals surface area contributed by atoms with Crippen molar-refractivity contribution < 1.29 is 4.79 Å². The second-order valence-corrected chi connectivity index (χ2v) is 8.20. The zero-order valence-electron chi connectivity index (χ0n) is 16.0. The van der Waals surface area contributed by atoms with Gasteiger partial charge in [0.2, 0.25) is 5.91 Å². The highest BCUT2D eigenvalue weighted by molar-refractivity contribution is 7.15. The predicted octanol–water partition coefficient (Wildman–Crippen LogP) is 4.14. The summed E-state index contributed by atoms with van der Waals surface area (Å²) >= 11 is 7.33. The van der Waals surface area contributed by atoms with Crippen LogP contribution in [0.4, 0.5) is 5.13 Å². The van der Waals surface area contributed by atoms with Crippen LogP contribution >= 0.6 is 22.9 Å². The van der Waals surface area contributed by atoms with Gasteiger partial charge in [-0.3, -0.25) is 9.59 Å². The molecule has 8 heteroatoms. The van der Waals surface area contributed by atoms with Crippen molar-refractivity contribution in [3.63, 3.8) is 0 Å². The first-order valence-electron chi connectivity index (χ1n) is 8.99. The molecular weight excluding hydrogens is 408 g/mol. The Morgan fingerprint density at radius 1 is 1.31 bits per heavy atom. The van der Waals surface area contributed by atoms with Gasteiger partial charge in [0.25, 0.3) is 5.56 Å². The van der Waals surface area contributed by atoms with Crippen molar-refractivity contribution in [1.29, 1.82) is 5.26 Å². The van der Waals surface area contributed by atoms with Crippen molar-refractivity contribution >= 4 is 34.0 Å². The van der Waals surface area contributed by atoms with E-state index in [1.165, 1.54) is 11.3 Å². The molecule has 0 unspecified atom stereocenters. The van der Waals surface area contributed by atoms with Crippen LogP contribution in [-0.4, -0.2) is 15.9 Å². The molecule has 1 amide bonds. The lowest BCUT2D eigenvalue weighted by atomic mass is 9.99. The number of halogens is 1. The molecule has 0 aliphatic heterocycles. The molecule has 0 spiro atoms. The van der Waals surface area contributed by atoms with E-state index in [1.54, 1.807) is 20.0 Å². The summed E-state index contributed by atoms with van der Waals surface area (Å²) in [7, 11) is 0. The number of amides is 1. The van der Waals surface area contributed by atoms with Gasteiger partial charge >= 0.3 is 0 Å². The SMILES string of the molecule is Cc1[nH]c(=O)c(C#N)c(C)c1CCC(=O)Nc1ncc(Cc2ccc(Cl)cc2)s1. The number of carbonyl (C=O) groups excluding carboxylic acids is 1. The lowest BCUT2D eigenvalue weighted by Crippen LogP contribution is -2.18. The third kappa shape index (κ3) is 5.11. The summed E-state index contributed by atoms with van der Waals surface area (Å²) in [6.45, 7) is 3.50. The number of pyridine rings is 1. The highest BCUT2D eigenvalue weighted by atomic mass is 35.5. The summed E-state index contributed by atoms with van der Waals surface area (Å²) in [5.41, 5.74) is 2.94. The van der Waals surface area contributed by atoms with Crippen molar-refractivity contribution in [1.82, 2.24) is 9.97 Å². The van der Waals surface area contributed by atoms with Crippen LogP contribution in [0.2, 0.25) is 5.02 Å². The monoisotopic (exact) mass is 426 g/mol. The zero-order chi connectivity index (χ0) is 21.0. The first-order valence-corrected chi connectivity index (χ1v) is 10.2. The van der Waals surface area contributed by atoms with Gasteiger partial charge in [-0.25, -0.2) is 4.98 Å². The third-order valence-electron chi connectivity index (χ3n) is 4.61. The fraction of sp³-hybridized carbons (Fsp3) is 0.238. The van der Waals surface area contributed by atoms with Crippen LogP contribution in [0.1, 0.15) is 39.2 Å². The van der Waals surface area contributed by atoms with E-state index in [9.17, 15) is 9.59 Å². The number of carbonyl (C=O) groups is 1. The molecular formula is C21H19ClN4O2S. The van der Waals surface area contributed by atoms with E-state index in [1.807, 2.05) is 30.3 Å². The van der Waals surface area contributed by atoms with Gasteiger partial charge < -0.3 is 10.3 Å². The number of hydrogen-bond donors (Lipinski definition) is 2. The highest BCUT2D eigenvalue weighted by Crippen LogP contribution is 2.22. The minimum Gasteiger partial charge on any atom is -0.325 e. The Morgan fingerprint density at radius 2 is 2.03 bits per heavy atom. The van der Waals surface area contributed by atoms with Crippen LogP contribution in [0.15, 0.2) is 35.3 Å². The number of anilines is 1. The fourth-order valence-electron chi connectivity index (χ4n) is 3.09. The van der Waals surface area contributed by atoms with E-state index in [-0.39, 0.29) is 17.9 Å². The zero-order valence-corrected chi connectivity index (χ0v) is 17.6. The van der Waals surface area contributed by atoms with E-state index >= 15 is 0 Å². The van der Waals surface area contributed by atoms with E-state index in [0.29, 0.717) is 27.8 Å². The second-order valence-electron chi connectivity index (χ2n) is 6.65. The number of nitriles is 1. The van der Waals surface area contributed by atoms with Gasteiger partial charge in [-0.1, -0.05) is 23.7 Å². The average molecular weight is 427 g/mol. The molecule has 2 aromatic heterocycles. The number of aromatic nitrogens is 2. The highest BCUT2D eigenvalue weighted by Gasteiger charge is 2.14. The molecule has 2 heterocycles. The van der Waals surface area contributed by atoms with Crippen LogP contribution in [0, 0.1) is 25.2 Å². The molecule has 0 saturated heterocycles. The van der Waals surface area contributed by atoms with Crippen LogP contribution in [0.3, 0.4) is 0 Å². The van der Waals surface area contributed by atoms with Gasteiger partial charge in [0.05, 0.1) is 0 Å². The van der Waals surface area contributed by atoms with Crippen molar-refractivity contribution in [2.24, 2.45) is 0 Å². The smallest absolute Gasteiger partial charge is 0.266 e. The molecule has 0 radical (unpaired) electrons. The summed E-state index contributed by atoms with van der Waals surface area (Å²) in [6.07, 6.45) is 3.13. The number of rotatable bonds is 6. The van der Waals surface area contributed by atoms with Crippen LogP contribution in [0.5, 0.6) is 0 Å². The summed E-state index contributed by atoms with van der Waals surface area (Å²) in [5, 5.41) is 13.2. The summed E-state index contributed by atoms with van der Waals surface area (Å²) in [4.78, 5) is 32.1. The molecule has 1 aromatic carbocycles. The molecule has 0 atom stereocenters. The number of nitrogens with one attached hydrogen (secondary N) is 2. The fourth-order valence-corrected chi connectivity index (χ4v) is 4.08. The third-order valence-corrected chi connectivity index (χ3v) is 5.78. The molecule has 0 fully saturated rings. The Morgan fingerprint density at radius 3 is 2.72 bits per heavy atom. The number of nitrogens with zero attached hydrogens (tertiary/aromatic N) is 2. The normalized spacial score (nSPS) is 10.6. The number of aryl methyl sites for hydroxylation is 1. The molecule has 0 aliphatic carbocycles. The lowest BCUT2D eigenvalue weighted by molar-refractivity contribution is -0.116. The van der Waals surface area contributed by atoms with Crippen LogP contribution in [0.25, 0.3) is 0 Å². The Hall–Kier alpha value is -2.95. The second kappa shape index (κ2) is 9.03. The van der Waals surface area contributed by atoms with E-state index in [2.05, 4.69) is 15.3 Å². The number of hydrogen-bond acceptors (Lipinski definition) is 5. The number of benzene rings is 1. The van der Waals surface area contributed by atoms with E-state index < -0.39 is 5.56 Å². The predicted molar refractivity (Wildman–Crippen MR) is 115 cm³/mol. The molecule has 0 bridgehead atoms. The van der Waals surface area contributed by atoms with Gasteiger partial charge in [-0.2, -0.15) is 5.26 Å². The molecule has 0 saturated carbocycles. The minimum absolute atomic E-state index is 0.0952. The first-order chi connectivity index (χ1) is 13.9. The Labute approximate surface area is 177 Å². The Kier molecular flexibility index (Phi) is 6.47. The Bertz CT molecular complexity index is 1140. The van der Waals surface area contributed by atoms with Gasteiger partial charge in [0.1, 0.15) is 11.6 Å². The van der Waals surface area contributed by atoms with Gasteiger partial charge in [-0.05, 0) is 49.1 Å². The summed E-state index contributed by atoms with van der Waals surface area (Å²) in [6, 6.07) is 9.54.